The van der Waals surface area contributed by atoms with Crippen molar-refractivity contribution in [2.75, 3.05) is 30.4 Å². The first-order valence-corrected chi connectivity index (χ1v) is 11.2. The number of carbonyl (C=O) groups is 1. The number of anilines is 2. The number of hydrogen-bond donors (Lipinski definition) is 4. The molecule has 1 saturated heterocycles. The highest BCUT2D eigenvalue weighted by Crippen LogP contribution is 2.43. The van der Waals surface area contributed by atoms with E-state index in [2.05, 4.69) is 10.6 Å². The maximum Gasteiger partial charge on any atom is 0.418 e. The lowest BCUT2D eigenvalue weighted by Crippen LogP contribution is -2.40. The molecule has 3 atom stereocenters. The Balaban J connectivity index is 1.61. The number of ether oxygens (including phenoxy) is 1. The SMILES string of the molecule is COc1c(NC(=O)NC2Cc3ccccc3C2O)cc(N2CCCCC2)cc1C(O)C(F)(F)F. The predicted molar refractivity (Wildman–Crippen MR) is 121 cm³/mol. The second-order valence-electron chi connectivity index (χ2n) is 8.66. The van der Waals surface area contributed by atoms with E-state index in [1.165, 1.54) is 13.2 Å². The van der Waals surface area contributed by atoms with Crippen LogP contribution in [0.1, 0.15) is 48.2 Å². The van der Waals surface area contributed by atoms with Crippen LogP contribution in [0.3, 0.4) is 0 Å². The van der Waals surface area contributed by atoms with Crippen molar-refractivity contribution in [2.45, 2.75) is 50.1 Å². The van der Waals surface area contributed by atoms with Gasteiger partial charge in [0.15, 0.2) is 6.10 Å². The molecule has 4 rings (SSSR count). The number of benzene rings is 2. The average molecular weight is 479 g/mol. The van der Waals surface area contributed by atoms with Crippen LogP contribution >= 0.6 is 0 Å². The lowest BCUT2D eigenvalue weighted by molar-refractivity contribution is -0.207. The van der Waals surface area contributed by atoms with Crippen molar-refractivity contribution < 1.29 is 32.9 Å². The molecular weight excluding hydrogens is 451 g/mol. The Morgan fingerprint density at radius 3 is 2.53 bits per heavy atom. The van der Waals surface area contributed by atoms with Crippen LogP contribution in [0, 0.1) is 0 Å². The smallest absolute Gasteiger partial charge is 0.418 e. The van der Waals surface area contributed by atoms with E-state index in [1.807, 2.05) is 17.0 Å². The van der Waals surface area contributed by atoms with Crippen LogP contribution in [0.2, 0.25) is 0 Å². The molecule has 7 nitrogen and oxygen atoms in total. The molecule has 3 unspecified atom stereocenters. The molecule has 1 aliphatic carbocycles. The number of nitrogens with zero attached hydrogens (tertiary/aromatic N) is 1. The van der Waals surface area contributed by atoms with Crippen molar-refractivity contribution in [3.63, 3.8) is 0 Å². The lowest BCUT2D eigenvalue weighted by atomic mass is 10.0. The molecule has 1 fully saturated rings. The predicted octanol–water partition coefficient (Wildman–Crippen LogP) is 4.06. The molecule has 2 aromatic carbocycles. The largest absolute Gasteiger partial charge is 0.494 e. The van der Waals surface area contributed by atoms with Crippen LogP contribution in [-0.4, -0.2) is 48.7 Å². The van der Waals surface area contributed by atoms with E-state index in [9.17, 15) is 28.2 Å². The summed E-state index contributed by atoms with van der Waals surface area (Å²) in [5.41, 5.74) is 1.64. The van der Waals surface area contributed by atoms with Gasteiger partial charge in [-0.3, -0.25) is 0 Å². The number of aliphatic hydroxyl groups is 2. The highest BCUT2D eigenvalue weighted by Gasteiger charge is 2.42. The molecule has 0 radical (unpaired) electrons. The number of rotatable bonds is 5. The van der Waals surface area contributed by atoms with Gasteiger partial charge in [-0.1, -0.05) is 24.3 Å². The Hall–Kier alpha value is -2.98. The van der Waals surface area contributed by atoms with E-state index in [-0.39, 0.29) is 11.4 Å². The summed E-state index contributed by atoms with van der Waals surface area (Å²) in [6.45, 7) is 1.32. The number of hydrogen-bond acceptors (Lipinski definition) is 5. The number of amides is 2. The second-order valence-corrected chi connectivity index (χ2v) is 8.66. The van der Waals surface area contributed by atoms with E-state index in [1.54, 1.807) is 18.2 Å². The minimum absolute atomic E-state index is 0.00590. The monoisotopic (exact) mass is 479 g/mol. The van der Waals surface area contributed by atoms with Crippen molar-refractivity contribution in [3.05, 3.63) is 53.1 Å². The number of urea groups is 1. The summed E-state index contributed by atoms with van der Waals surface area (Å²) in [5.74, 6) is -0.268. The van der Waals surface area contributed by atoms with Crippen LogP contribution in [0.5, 0.6) is 5.75 Å². The minimum Gasteiger partial charge on any atom is -0.494 e. The minimum atomic E-state index is -4.91. The Morgan fingerprint density at radius 2 is 1.88 bits per heavy atom. The van der Waals surface area contributed by atoms with E-state index < -0.39 is 36.0 Å². The number of aliphatic hydroxyl groups excluding tert-OH is 2. The number of fused-ring (bicyclic) bond motifs is 1. The van der Waals surface area contributed by atoms with Crippen LogP contribution in [0.25, 0.3) is 0 Å². The summed E-state index contributed by atoms with van der Waals surface area (Å²) in [7, 11) is 1.18. The summed E-state index contributed by atoms with van der Waals surface area (Å²) < 4.78 is 45.5. The summed E-state index contributed by atoms with van der Waals surface area (Å²) in [6.07, 6.45) is -5.34. The second kappa shape index (κ2) is 9.71. The quantitative estimate of drug-likeness (QED) is 0.519. The number of methoxy groups -OCH3 is 1. The molecule has 184 valence electrons. The Bertz CT molecular complexity index is 1040. The van der Waals surface area contributed by atoms with Gasteiger partial charge in [0.1, 0.15) is 5.75 Å². The molecule has 10 heteroatoms. The van der Waals surface area contributed by atoms with Crippen LogP contribution in [0.15, 0.2) is 36.4 Å². The molecule has 2 amide bonds. The normalized spacial score (nSPS) is 21.1. The van der Waals surface area contributed by atoms with Gasteiger partial charge in [0, 0.05) is 24.3 Å². The molecule has 2 aliphatic rings. The van der Waals surface area contributed by atoms with Crippen molar-refractivity contribution in [3.8, 4) is 5.75 Å². The molecular formula is C24H28F3N3O4. The number of carbonyl (C=O) groups excluding carboxylic acids is 1. The van der Waals surface area contributed by atoms with Gasteiger partial charge in [-0.15, -0.1) is 0 Å². The summed E-state index contributed by atoms with van der Waals surface area (Å²) >= 11 is 0. The fourth-order valence-corrected chi connectivity index (χ4v) is 4.70. The van der Waals surface area contributed by atoms with Crippen molar-refractivity contribution >= 4 is 17.4 Å². The average Bonchev–Trinajstić information content (AvgIpc) is 3.13. The maximum atomic E-state index is 13.4. The maximum absolute atomic E-state index is 13.4. The summed E-state index contributed by atoms with van der Waals surface area (Å²) in [6, 6.07) is 8.84. The summed E-state index contributed by atoms with van der Waals surface area (Å²) in [4.78, 5) is 14.7. The lowest BCUT2D eigenvalue weighted by Gasteiger charge is -2.31. The third kappa shape index (κ3) is 4.92. The third-order valence-electron chi connectivity index (χ3n) is 6.39. The molecule has 0 aromatic heterocycles. The van der Waals surface area contributed by atoms with Crippen molar-refractivity contribution in [1.82, 2.24) is 5.32 Å². The fraction of sp³-hybridized carbons (Fsp3) is 0.458. The molecule has 0 bridgehead atoms. The van der Waals surface area contributed by atoms with E-state index in [4.69, 9.17) is 4.74 Å². The highest BCUT2D eigenvalue weighted by atomic mass is 19.4. The van der Waals surface area contributed by atoms with Gasteiger partial charge in [-0.2, -0.15) is 13.2 Å². The van der Waals surface area contributed by atoms with E-state index >= 15 is 0 Å². The number of nitrogens with one attached hydrogen (secondary N) is 2. The van der Waals surface area contributed by atoms with E-state index in [0.717, 1.165) is 30.4 Å². The molecule has 0 saturated carbocycles. The highest BCUT2D eigenvalue weighted by molar-refractivity contribution is 5.92. The zero-order chi connectivity index (χ0) is 24.5. The molecule has 0 spiro atoms. The van der Waals surface area contributed by atoms with Gasteiger partial charge in [0.05, 0.1) is 24.9 Å². The third-order valence-corrected chi connectivity index (χ3v) is 6.39. The first kappa shape index (κ1) is 24.2. The standard InChI is InChI=1S/C24H28F3N3O4/c1-34-21-17(22(32)24(25,26)27)12-15(30-9-5-2-6-10-30)13-19(21)29-23(33)28-18-11-14-7-3-4-8-16(14)20(18)31/h3-4,7-8,12-13,18,20,22,31-32H,2,5-6,9-11H2,1H3,(H2,28,29,33). The number of piperidine rings is 1. The van der Waals surface area contributed by atoms with Crippen LogP contribution in [-0.2, 0) is 6.42 Å². The van der Waals surface area contributed by atoms with Crippen molar-refractivity contribution in [2.24, 2.45) is 0 Å². The molecule has 1 aliphatic heterocycles. The zero-order valence-corrected chi connectivity index (χ0v) is 18.7. The van der Waals surface area contributed by atoms with Gasteiger partial charge in [0.25, 0.3) is 0 Å². The molecule has 4 N–H and O–H groups in total. The first-order chi connectivity index (χ1) is 16.2. The van der Waals surface area contributed by atoms with Gasteiger partial charge in [-0.25, -0.2) is 4.79 Å². The Labute approximate surface area is 195 Å². The Kier molecular flexibility index (Phi) is 6.90. The molecule has 1 heterocycles. The van der Waals surface area contributed by atoms with Gasteiger partial charge in [0.2, 0.25) is 0 Å². The van der Waals surface area contributed by atoms with Gasteiger partial charge >= 0.3 is 12.2 Å². The number of alkyl halides is 3. The van der Waals surface area contributed by atoms with Crippen molar-refractivity contribution in [1.29, 1.82) is 0 Å². The molecule has 2 aromatic rings. The van der Waals surface area contributed by atoms with Crippen LogP contribution in [0.4, 0.5) is 29.3 Å². The Morgan fingerprint density at radius 1 is 1.18 bits per heavy atom. The van der Waals surface area contributed by atoms with Gasteiger partial charge in [-0.05, 0) is 48.9 Å². The zero-order valence-electron chi connectivity index (χ0n) is 18.7. The van der Waals surface area contributed by atoms with Gasteiger partial charge < -0.3 is 30.5 Å². The summed E-state index contributed by atoms with van der Waals surface area (Å²) in [5, 5.41) is 25.8. The van der Waals surface area contributed by atoms with E-state index in [0.29, 0.717) is 25.2 Å². The first-order valence-electron chi connectivity index (χ1n) is 11.2. The fourth-order valence-electron chi connectivity index (χ4n) is 4.70. The molecule has 34 heavy (non-hydrogen) atoms. The number of halogens is 3. The topological polar surface area (TPSA) is 94.1 Å². The van der Waals surface area contributed by atoms with Crippen LogP contribution < -0.4 is 20.3 Å².